The van der Waals surface area contributed by atoms with E-state index in [1.807, 2.05) is 0 Å². The average molecular weight is 244 g/mol. The summed E-state index contributed by atoms with van der Waals surface area (Å²) in [6.45, 7) is 3.29. The summed E-state index contributed by atoms with van der Waals surface area (Å²) in [5, 5.41) is 0. The molecule has 1 nitrogen and oxygen atoms in total. The quantitative estimate of drug-likeness (QED) is 0.490. The Bertz CT molecular complexity index is 161. The van der Waals surface area contributed by atoms with E-state index in [1.165, 1.54) is 57.8 Å². The fourth-order valence-corrected chi connectivity index (χ4v) is 2.80. The van der Waals surface area contributed by atoms with Gasteiger partial charge >= 0.3 is 0 Å². The van der Waals surface area contributed by atoms with Crippen LogP contribution in [0, 0.1) is 5.92 Å². The van der Waals surface area contributed by atoms with Crippen molar-refractivity contribution in [3.63, 3.8) is 0 Å². The first-order chi connectivity index (χ1) is 7.86. The first-order valence-corrected chi connectivity index (χ1v) is 7.72. The van der Waals surface area contributed by atoms with Gasteiger partial charge in [0, 0.05) is 6.61 Å². The molecular formula is C14H28OS. The summed E-state index contributed by atoms with van der Waals surface area (Å²) in [7, 11) is 0. The van der Waals surface area contributed by atoms with Crippen LogP contribution in [-0.4, -0.2) is 18.5 Å². The van der Waals surface area contributed by atoms with Crippen LogP contribution >= 0.6 is 12.6 Å². The van der Waals surface area contributed by atoms with Crippen molar-refractivity contribution in [1.82, 2.24) is 0 Å². The number of unbranched alkanes of at least 4 members (excludes halogenated alkanes) is 3. The zero-order valence-electron chi connectivity index (χ0n) is 10.8. The first kappa shape index (κ1) is 14.4. The Morgan fingerprint density at radius 1 is 1.12 bits per heavy atom. The van der Waals surface area contributed by atoms with E-state index in [2.05, 4.69) is 19.6 Å². The van der Waals surface area contributed by atoms with Gasteiger partial charge in [-0.25, -0.2) is 0 Å². The minimum Gasteiger partial charge on any atom is -0.378 e. The van der Waals surface area contributed by atoms with Crippen molar-refractivity contribution in [2.24, 2.45) is 5.92 Å². The maximum absolute atomic E-state index is 5.98. The highest BCUT2D eigenvalue weighted by atomic mass is 32.1. The molecule has 16 heavy (non-hydrogen) atoms. The summed E-state index contributed by atoms with van der Waals surface area (Å²) in [5.74, 6) is 1.96. The van der Waals surface area contributed by atoms with Crippen molar-refractivity contribution in [3.05, 3.63) is 0 Å². The lowest BCUT2D eigenvalue weighted by atomic mass is 9.85. The summed E-state index contributed by atoms with van der Waals surface area (Å²) < 4.78 is 5.98. The Kier molecular flexibility index (Phi) is 8.40. The molecule has 2 heteroatoms. The van der Waals surface area contributed by atoms with Gasteiger partial charge in [-0.05, 0) is 37.4 Å². The molecule has 1 aliphatic rings. The van der Waals surface area contributed by atoms with Gasteiger partial charge in [0.1, 0.15) is 0 Å². The Morgan fingerprint density at radius 3 is 2.69 bits per heavy atom. The molecule has 96 valence electrons. The summed E-state index contributed by atoms with van der Waals surface area (Å²) in [4.78, 5) is 0. The molecule has 0 amide bonds. The van der Waals surface area contributed by atoms with Gasteiger partial charge in [0.05, 0.1) is 6.10 Å². The molecule has 0 saturated heterocycles. The molecule has 2 unspecified atom stereocenters. The van der Waals surface area contributed by atoms with Crippen LogP contribution < -0.4 is 0 Å². The van der Waals surface area contributed by atoms with Gasteiger partial charge in [-0.2, -0.15) is 12.6 Å². The van der Waals surface area contributed by atoms with E-state index in [0.29, 0.717) is 6.10 Å². The lowest BCUT2D eigenvalue weighted by Crippen LogP contribution is -2.23. The highest BCUT2D eigenvalue weighted by Crippen LogP contribution is 2.28. The Balaban J connectivity index is 1.95. The summed E-state index contributed by atoms with van der Waals surface area (Å²) in [5.41, 5.74) is 0. The molecule has 0 bridgehead atoms. The minimum absolute atomic E-state index is 0.573. The van der Waals surface area contributed by atoms with Crippen molar-refractivity contribution in [1.29, 1.82) is 0 Å². The second kappa shape index (κ2) is 9.35. The molecule has 0 aromatic heterocycles. The largest absolute Gasteiger partial charge is 0.378 e. The van der Waals surface area contributed by atoms with Crippen LogP contribution in [0.4, 0.5) is 0 Å². The van der Waals surface area contributed by atoms with E-state index in [1.54, 1.807) is 0 Å². The Morgan fingerprint density at radius 2 is 1.94 bits per heavy atom. The van der Waals surface area contributed by atoms with Crippen LogP contribution in [-0.2, 0) is 4.74 Å². The molecule has 1 aliphatic carbocycles. The lowest BCUT2D eigenvalue weighted by molar-refractivity contribution is 0.0107. The molecule has 0 spiro atoms. The van der Waals surface area contributed by atoms with Crippen molar-refractivity contribution in [3.8, 4) is 0 Å². The predicted molar refractivity (Wildman–Crippen MR) is 74.3 cm³/mol. The van der Waals surface area contributed by atoms with E-state index >= 15 is 0 Å². The number of rotatable bonds is 8. The van der Waals surface area contributed by atoms with Crippen molar-refractivity contribution < 1.29 is 4.74 Å². The van der Waals surface area contributed by atoms with Gasteiger partial charge in [-0.3, -0.25) is 0 Å². The van der Waals surface area contributed by atoms with E-state index in [0.717, 1.165) is 18.3 Å². The number of ether oxygens (including phenoxy) is 1. The summed E-state index contributed by atoms with van der Waals surface area (Å²) >= 11 is 4.22. The molecule has 1 saturated carbocycles. The third-order valence-electron chi connectivity index (χ3n) is 3.72. The van der Waals surface area contributed by atoms with Crippen LogP contribution in [0.1, 0.15) is 64.7 Å². The third-order valence-corrected chi connectivity index (χ3v) is 4.03. The molecule has 0 heterocycles. The lowest BCUT2D eigenvalue weighted by Gasteiger charge is -2.28. The fraction of sp³-hybridized carbons (Fsp3) is 1.00. The Hall–Kier alpha value is 0.310. The molecule has 0 aromatic rings. The zero-order valence-corrected chi connectivity index (χ0v) is 11.7. The van der Waals surface area contributed by atoms with Crippen LogP contribution in [0.5, 0.6) is 0 Å². The van der Waals surface area contributed by atoms with E-state index in [9.17, 15) is 0 Å². The van der Waals surface area contributed by atoms with Crippen molar-refractivity contribution in [2.75, 3.05) is 12.4 Å². The minimum atomic E-state index is 0.573. The Labute approximate surface area is 107 Å². The SMILES string of the molecule is CCC1CCCC(OCCCCCCS)C1. The molecule has 0 N–H and O–H groups in total. The van der Waals surface area contributed by atoms with Crippen LogP contribution in [0.2, 0.25) is 0 Å². The molecule has 0 aliphatic heterocycles. The van der Waals surface area contributed by atoms with Crippen molar-refractivity contribution >= 4 is 12.6 Å². The van der Waals surface area contributed by atoms with Crippen LogP contribution in [0.3, 0.4) is 0 Å². The second-order valence-corrected chi connectivity index (χ2v) is 5.52. The van der Waals surface area contributed by atoms with Gasteiger partial charge < -0.3 is 4.74 Å². The van der Waals surface area contributed by atoms with Crippen LogP contribution in [0.15, 0.2) is 0 Å². The first-order valence-electron chi connectivity index (χ1n) is 7.09. The predicted octanol–water partition coefficient (Wildman–Crippen LogP) is 4.46. The molecule has 1 rings (SSSR count). The van der Waals surface area contributed by atoms with E-state index < -0.39 is 0 Å². The van der Waals surface area contributed by atoms with Crippen LogP contribution in [0.25, 0.3) is 0 Å². The summed E-state index contributed by atoms with van der Waals surface area (Å²) in [6.07, 6.45) is 12.4. The molecule has 0 aromatic carbocycles. The maximum Gasteiger partial charge on any atom is 0.0577 e. The zero-order chi connectivity index (χ0) is 11.6. The normalized spacial score (nSPS) is 25.9. The van der Waals surface area contributed by atoms with Crippen molar-refractivity contribution in [2.45, 2.75) is 70.8 Å². The fourth-order valence-electron chi connectivity index (χ4n) is 2.58. The monoisotopic (exact) mass is 244 g/mol. The maximum atomic E-state index is 5.98. The second-order valence-electron chi connectivity index (χ2n) is 5.07. The van der Waals surface area contributed by atoms with Gasteiger partial charge in [0.25, 0.3) is 0 Å². The highest BCUT2D eigenvalue weighted by molar-refractivity contribution is 7.80. The van der Waals surface area contributed by atoms with E-state index in [4.69, 9.17) is 4.74 Å². The number of thiol groups is 1. The summed E-state index contributed by atoms with van der Waals surface area (Å²) in [6, 6.07) is 0. The number of hydrogen-bond donors (Lipinski definition) is 1. The number of hydrogen-bond acceptors (Lipinski definition) is 2. The van der Waals surface area contributed by atoms with Gasteiger partial charge in [-0.1, -0.05) is 39.0 Å². The molecular weight excluding hydrogens is 216 g/mol. The molecule has 2 atom stereocenters. The van der Waals surface area contributed by atoms with Gasteiger partial charge in [0.2, 0.25) is 0 Å². The smallest absolute Gasteiger partial charge is 0.0577 e. The van der Waals surface area contributed by atoms with Gasteiger partial charge in [0.15, 0.2) is 0 Å². The third kappa shape index (κ3) is 6.15. The van der Waals surface area contributed by atoms with Gasteiger partial charge in [-0.15, -0.1) is 0 Å². The highest BCUT2D eigenvalue weighted by Gasteiger charge is 2.20. The molecule has 0 radical (unpaired) electrons. The topological polar surface area (TPSA) is 9.23 Å². The van der Waals surface area contributed by atoms with E-state index in [-0.39, 0.29) is 0 Å². The standard InChI is InChI=1S/C14H28OS/c1-2-13-8-7-9-14(12-13)15-10-5-3-4-6-11-16/h13-14,16H,2-12H2,1H3. The molecule has 1 fully saturated rings. The average Bonchev–Trinajstić information content (AvgIpc) is 2.34.